The molecule has 3 heteroatoms. The van der Waals surface area contributed by atoms with Gasteiger partial charge in [0.1, 0.15) is 0 Å². The smallest absolute Gasteiger partial charge is 0.0975 e. The number of likely N-dealkylation sites (N-methyl/N-ethyl adjacent to an activating group) is 1. The summed E-state index contributed by atoms with van der Waals surface area (Å²) in [6, 6.07) is 0. The fraction of sp³-hybridized carbons (Fsp3) is 0.905. The first-order valence-electron chi connectivity index (χ1n) is 20.6. The molecule has 0 bridgehead atoms. The van der Waals surface area contributed by atoms with E-state index in [9.17, 15) is 0 Å². The van der Waals surface area contributed by atoms with Crippen LogP contribution in [0.2, 0.25) is 0 Å². The van der Waals surface area contributed by atoms with E-state index in [4.69, 9.17) is 9.47 Å². The minimum absolute atomic E-state index is 0.266. The van der Waals surface area contributed by atoms with Gasteiger partial charge in [0, 0.05) is 26.3 Å². The molecule has 2 unspecified atom stereocenters. The molecule has 45 heavy (non-hydrogen) atoms. The summed E-state index contributed by atoms with van der Waals surface area (Å²) < 4.78 is 12.7. The number of ether oxygens (including phenoxy) is 2. The Hall–Kier alpha value is -0.640. The van der Waals surface area contributed by atoms with Crippen LogP contribution in [0.25, 0.3) is 0 Å². The molecule has 1 saturated heterocycles. The summed E-state index contributed by atoms with van der Waals surface area (Å²) in [5.41, 5.74) is 0. The predicted molar refractivity (Wildman–Crippen MR) is 200 cm³/mol. The van der Waals surface area contributed by atoms with Gasteiger partial charge in [-0.05, 0) is 70.8 Å². The summed E-state index contributed by atoms with van der Waals surface area (Å²) in [7, 11) is 0. The maximum Gasteiger partial charge on any atom is 0.0975 e. The van der Waals surface area contributed by atoms with Crippen LogP contribution in [0.5, 0.6) is 0 Å². The molecule has 1 aliphatic heterocycles. The topological polar surface area (TPSA) is 21.7 Å². The van der Waals surface area contributed by atoms with E-state index in [1.165, 1.54) is 180 Å². The van der Waals surface area contributed by atoms with Crippen LogP contribution < -0.4 is 0 Å². The molecule has 0 aromatic rings. The van der Waals surface area contributed by atoms with Crippen molar-refractivity contribution >= 4 is 0 Å². The molecule has 266 valence electrons. The monoisotopic (exact) mass is 632 g/mol. The lowest BCUT2D eigenvalue weighted by Gasteiger charge is -2.20. The number of rotatable bonds is 35. The summed E-state index contributed by atoms with van der Waals surface area (Å²) in [6.07, 6.45) is 48.1. The van der Waals surface area contributed by atoms with E-state index in [0.29, 0.717) is 0 Å². The van der Waals surface area contributed by atoms with Crippen molar-refractivity contribution in [3.05, 3.63) is 24.3 Å². The van der Waals surface area contributed by atoms with Gasteiger partial charge in [-0.1, -0.05) is 161 Å². The lowest BCUT2D eigenvalue weighted by atomic mass is 10.1. The molecule has 0 saturated carbocycles. The first-order valence-corrected chi connectivity index (χ1v) is 20.6. The van der Waals surface area contributed by atoms with Gasteiger partial charge in [-0.2, -0.15) is 0 Å². The molecule has 1 fully saturated rings. The Balaban J connectivity index is 1.92. The highest BCUT2D eigenvalue weighted by molar-refractivity contribution is 4.86. The zero-order chi connectivity index (χ0) is 32.3. The standard InChI is InChI=1S/C42H81NO2/c1-4-7-9-11-13-15-17-19-21-23-25-27-29-31-33-35-37-44-41-39-43(6-3)40-42(41)45-38-36-34-32-30-28-26-24-22-20-18-16-14-12-10-8-5-2/h19-22,41-42H,4-18,23-40H2,1-3H3/b21-19-,22-20-. The number of hydrogen-bond acceptors (Lipinski definition) is 3. The van der Waals surface area contributed by atoms with E-state index in [2.05, 4.69) is 50.0 Å². The second-order valence-corrected chi connectivity index (χ2v) is 14.0. The van der Waals surface area contributed by atoms with Gasteiger partial charge >= 0.3 is 0 Å². The van der Waals surface area contributed by atoms with Crippen LogP contribution in [0.4, 0.5) is 0 Å². The van der Waals surface area contributed by atoms with Gasteiger partial charge in [-0.15, -0.1) is 0 Å². The van der Waals surface area contributed by atoms with Gasteiger partial charge in [-0.3, -0.25) is 4.90 Å². The fourth-order valence-corrected chi connectivity index (χ4v) is 6.57. The summed E-state index contributed by atoms with van der Waals surface area (Å²) in [6.45, 7) is 11.8. The first kappa shape index (κ1) is 42.4. The number of hydrogen-bond donors (Lipinski definition) is 0. The third-order valence-corrected chi connectivity index (χ3v) is 9.71. The predicted octanol–water partition coefficient (Wildman–Crippen LogP) is 13.2. The SMILES string of the molecule is CCCCCCCC/C=C\CCCCCCCCOC1CN(CC)CC1OCCCCCCCC/C=C\CCCCCCCC. The molecule has 2 atom stereocenters. The van der Waals surface area contributed by atoms with Crippen LogP contribution in [0, 0.1) is 0 Å². The van der Waals surface area contributed by atoms with Crippen molar-refractivity contribution < 1.29 is 9.47 Å². The third kappa shape index (κ3) is 28.1. The minimum Gasteiger partial charge on any atom is -0.374 e. The maximum atomic E-state index is 6.37. The van der Waals surface area contributed by atoms with Gasteiger partial charge in [0.15, 0.2) is 0 Å². The Morgan fingerprint density at radius 1 is 0.400 bits per heavy atom. The lowest BCUT2D eigenvalue weighted by Crippen LogP contribution is -2.30. The van der Waals surface area contributed by atoms with E-state index >= 15 is 0 Å². The molecular formula is C42H81NO2. The van der Waals surface area contributed by atoms with Crippen LogP contribution in [-0.2, 0) is 9.47 Å². The van der Waals surface area contributed by atoms with E-state index in [-0.39, 0.29) is 12.2 Å². The molecule has 3 nitrogen and oxygen atoms in total. The fourth-order valence-electron chi connectivity index (χ4n) is 6.57. The molecule has 0 amide bonds. The Morgan fingerprint density at radius 2 is 0.689 bits per heavy atom. The van der Waals surface area contributed by atoms with Gasteiger partial charge < -0.3 is 9.47 Å². The average Bonchev–Trinajstić information content (AvgIpc) is 3.45. The van der Waals surface area contributed by atoms with Crippen LogP contribution in [-0.4, -0.2) is 50.0 Å². The van der Waals surface area contributed by atoms with Crippen LogP contribution >= 0.6 is 0 Å². The van der Waals surface area contributed by atoms with E-state index in [1.807, 2.05) is 0 Å². The van der Waals surface area contributed by atoms with Crippen LogP contribution in [0.15, 0.2) is 24.3 Å². The molecule has 0 aromatic heterocycles. The summed E-state index contributed by atoms with van der Waals surface area (Å²) in [4.78, 5) is 2.50. The molecule has 1 heterocycles. The molecule has 1 aliphatic rings. The number of allylic oxidation sites excluding steroid dienone is 4. The van der Waals surface area contributed by atoms with Gasteiger partial charge in [0.2, 0.25) is 0 Å². The van der Waals surface area contributed by atoms with E-state index in [1.54, 1.807) is 0 Å². The van der Waals surface area contributed by atoms with Gasteiger partial charge in [0.25, 0.3) is 0 Å². The second kappa shape index (κ2) is 34.7. The Morgan fingerprint density at radius 3 is 1.00 bits per heavy atom. The summed E-state index contributed by atoms with van der Waals surface area (Å²) >= 11 is 0. The molecule has 0 aliphatic carbocycles. The zero-order valence-electron chi connectivity index (χ0n) is 31.1. The number of likely N-dealkylation sites (tertiary alicyclic amines) is 1. The Labute approximate surface area is 283 Å². The number of unbranched alkanes of at least 4 members (excludes halogenated alkanes) is 24. The first-order chi connectivity index (χ1) is 22.3. The molecule has 0 N–H and O–H groups in total. The quantitative estimate of drug-likeness (QED) is 0.0513. The van der Waals surface area contributed by atoms with Crippen molar-refractivity contribution in [1.82, 2.24) is 4.90 Å². The lowest BCUT2D eigenvalue weighted by molar-refractivity contribution is -0.0481. The highest BCUT2D eigenvalue weighted by Crippen LogP contribution is 2.19. The normalized spacial score (nSPS) is 17.5. The van der Waals surface area contributed by atoms with Crippen LogP contribution in [0.1, 0.15) is 201 Å². The van der Waals surface area contributed by atoms with Crippen molar-refractivity contribution in [3.8, 4) is 0 Å². The Kier molecular flexibility index (Phi) is 32.7. The van der Waals surface area contributed by atoms with Gasteiger partial charge in [0.05, 0.1) is 12.2 Å². The van der Waals surface area contributed by atoms with E-state index in [0.717, 1.165) is 32.8 Å². The van der Waals surface area contributed by atoms with Crippen molar-refractivity contribution in [2.75, 3.05) is 32.8 Å². The maximum absolute atomic E-state index is 6.37. The second-order valence-electron chi connectivity index (χ2n) is 14.0. The van der Waals surface area contributed by atoms with Crippen molar-refractivity contribution in [1.29, 1.82) is 0 Å². The molecule has 0 aromatic carbocycles. The Bertz CT molecular complexity index is 580. The average molecular weight is 632 g/mol. The summed E-state index contributed by atoms with van der Waals surface area (Å²) in [5.74, 6) is 0. The summed E-state index contributed by atoms with van der Waals surface area (Å²) in [5, 5.41) is 0. The largest absolute Gasteiger partial charge is 0.374 e. The number of nitrogens with zero attached hydrogens (tertiary/aromatic N) is 1. The van der Waals surface area contributed by atoms with Crippen molar-refractivity contribution in [3.63, 3.8) is 0 Å². The van der Waals surface area contributed by atoms with Gasteiger partial charge in [-0.25, -0.2) is 0 Å². The third-order valence-electron chi connectivity index (χ3n) is 9.71. The molecular weight excluding hydrogens is 550 g/mol. The van der Waals surface area contributed by atoms with E-state index < -0.39 is 0 Å². The zero-order valence-corrected chi connectivity index (χ0v) is 31.1. The van der Waals surface area contributed by atoms with Crippen molar-refractivity contribution in [2.45, 2.75) is 213 Å². The minimum atomic E-state index is 0.266. The molecule has 0 radical (unpaired) electrons. The van der Waals surface area contributed by atoms with Crippen LogP contribution in [0.3, 0.4) is 0 Å². The van der Waals surface area contributed by atoms with Crippen molar-refractivity contribution in [2.24, 2.45) is 0 Å². The molecule has 0 spiro atoms. The highest BCUT2D eigenvalue weighted by atomic mass is 16.5. The molecule has 1 rings (SSSR count). The highest BCUT2D eigenvalue weighted by Gasteiger charge is 2.33.